The molecule has 1 aliphatic rings. The molecule has 1 heterocycles. The predicted octanol–water partition coefficient (Wildman–Crippen LogP) is 2.47. The first-order chi connectivity index (χ1) is 9.15. The maximum atomic E-state index is 9.69. The molecule has 1 fully saturated rings. The Bertz CT molecular complexity index is 394. The van der Waals surface area contributed by atoms with Gasteiger partial charge in [-0.3, -0.25) is 0 Å². The van der Waals surface area contributed by atoms with Crippen LogP contribution < -0.4 is 4.74 Å². The number of piperidine rings is 1. The molecule has 0 aliphatic carbocycles. The van der Waals surface area contributed by atoms with Gasteiger partial charge in [0.25, 0.3) is 0 Å². The van der Waals surface area contributed by atoms with Crippen LogP contribution in [0.3, 0.4) is 0 Å². The maximum Gasteiger partial charge on any atom is 0.119 e. The number of hydrogen-bond acceptors (Lipinski definition) is 3. The van der Waals surface area contributed by atoms with Gasteiger partial charge in [-0.1, -0.05) is 19.1 Å². The van der Waals surface area contributed by atoms with Crippen molar-refractivity contribution in [2.75, 3.05) is 26.2 Å². The lowest BCUT2D eigenvalue weighted by Crippen LogP contribution is -2.42. The van der Waals surface area contributed by atoms with Gasteiger partial charge in [0.2, 0.25) is 0 Å². The second-order valence-corrected chi connectivity index (χ2v) is 5.65. The summed E-state index contributed by atoms with van der Waals surface area (Å²) < 4.78 is 5.75. The highest BCUT2D eigenvalue weighted by Crippen LogP contribution is 2.17. The van der Waals surface area contributed by atoms with E-state index in [1.807, 2.05) is 12.1 Å². The molecule has 2 atom stereocenters. The number of benzene rings is 1. The van der Waals surface area contributed by atoms with E-state index in [2.05, 4.69) is 30.9 Å². The SMILES string of the molecule is Cc1cccc(OCCCN2CCC(O)C(C)C2)c1. The molecule has 106 valence electrons. The lowest BCUT2D eigenvalue weighted by atomic mass is 9.97. The molecule has 3 heteroatoms. The van der Waals surface area contributed by atoms with Crippen molar-refractivity contribution in [2.45, 2.75) is 32.8 Å². The molecule has 2 rings (SSSR count). The quantitative estimate of drug-likeness (QED) is 0.828. The molecule has 0 radical (unpaired) electrons. The maximum absolute atomic E-state index is 9.69. The Morgan fingerprint density at radius 1 is 1.42 bits per heavy atom. The van der Waals surface area contributed by atoms with Gasteiger partial charge in [-0.2, -0.15) is 0 Å². The van der Waals surface area contributed by atoms with Gasteiger partial charge in [0.15, 0.2) is 0 Å². The summed E-state index contributed by atoms with van der Waals surface area (Å²) in [5.41, 5.74) is 1.23. The number of ether oxygens (including phenoxy) is 1. The summed E-state index contributed by atoms with van der Waals surface area (Å²) in [6, 6.07) is 8.18. The van der Waals surface area contributed by atoms with Crippen LogP contribution in [0.4, 0.5) is 0 Å². The van der Waals surface area contributed by atoms with Crippen molar-refractivity contribution in [3.8, 4) is 5.75 Å². The van der Waals surface area contributed by atoms with Crippen LogP contribution in [0, 0.1) is 12.8 Å². The van der Waals surface area contributed by atoms with E-state index in [9.17, 15) is 5.11 Å². The lowest BCUT2D eigenvalue weighted by Gasteiger charge is -2.34. The van der Waals surface area contributed by atoms with Gasteiger partial charge >= 0.3 is 0 Å². The average Bonchev–Trinajstić information content (AvgIpc) is 2.39. The Balaban J connectivity index is 1.64. The second kappa shape index (κ2) is 6.92. The van der Waals surface area contributed by atoms with Gasteiger partial charge in [-0.15, -0.1) is 0 Å². The molecular weight excluding hydrogens is 238 g/mol. The monoisotopic (exact) mass is 263 g/mol. The molecule has 1 saturated heterocycles. The Labute approximate surface area is 116 Å². The van der Waals surface area contributed by atoms with E-state index in [1.54, 1.807) is 0 Å². The zero-order valence-corrected chi connectivity index (χ0v) is 12.0. The van der Waals surface area contributed by atoms with Crippen molar-refractivity contribution in [2.24, 2.45) is 5.92 Å². The number of aliphatic hydroxyl groups excluding tert-OH is 1. The molecule has 0 spiro atoms. The number of hydrogen-bond donors (Lipinski definition) is 1. The van der Waals surface area contributed by atoms with Crippen LogP contribution in [0.15, 0.2) is 24.3 Å². The highest BCUT2D eigenvalue weighted by molar-refractivity contribution is 5.27. The van der Waals surface area contributed by atoms with Gasteiger partial charge in [-0.25, -0.2) is 0 Å². The molecule has 3 nitrogen and oxygen atoms in total. The smallest absolute Gasteiger partial charge is 0.119 e. The molecule has 1 aliphatic heterocycles. The van der Waals surface area contributed by atoms with E-state index in [1.165, 1.54) is 5.56 Å². The third kappa shape index (κ3) is 4.51. The standard InChI is InChI=1S/C16H25NO2/c1-13-5-3-6-15(11-13)19-10-4-8-17-9-7-16(18)14(2)12-17/h3,5-6,11,14,16,18H,4,7-10,12H2,1-2H3. The molecule has 1 aromatic rings. The Morgan fingerprint density at radius 3 is 3.00 bits per heavy atom. The number of rotatable bonds is 5. The summed E-state index contributed by atoms with van der Waals surface area (Å²) in [4.78, 5) is 2.43. The Morgan fingerprint density at radius 2 is 2.26 bits per heavy atom. The van der Waals surface area contributed by atoms with Crippen molar-refractivity contribution < 1.29 is 9.84 Å². The molecule has 0 bridgehead atoms. The number of aliphatic hydroxyl groups is 1. The normalized spacial score (nSPS) is 24.4. The van der Waals surface area contributed by atoms with E-state index in [4.69, 9.17) is 4.74 Å². The lowest BCUT2D eigenvalue weighted by molar-refractivity contribution is 0.0334. The topological polar surface area (TPSA) is 32.7 Å². The summed E-state index contributed by atoms with van der Waals surface area (Å²) in [5.74, 6) is 1.36. The summed E-state index contributed by atoms with van der Waals surface area (Å²) in [5, 5.41) is 9.69. The van der Waals surface area contributed by atoms with Crippen LogP contribution in [-0.4, -0.2) is 42.4 Å². The van der Waals surface area contributed by atoms with Gasteiger partial charge < -0.3 is 14.7 Å². The fourth-order valence-corrected chi connectivity index (χ4v) is 2.61. The van der Waals surface area contributed by atoms with Crippen molar-refractivity contribution in [1.29, 1.82) is 0 Å². The molecule has 19 heavy (non-hydrogen) atoms. The van der Waals surface area contributed by atoms with E-state index < -0.39 is 0 Å². The van der Waals surface area contributed by atoms with Crippen LogP contribution in [0.25, 0.3) is 0 Å². The van der Waals surface area contributed by atoms with Crippen molar-refractivity contribution in [3.63, 3.8) is 0 Å². The first-order valence-electron chi connectivity index (χ1n) is 7.25. The predicted molar refractivity (Wildman–Crippen MR) is 77.5 cm³/mol. The average molecular weight is 263 g/mol. The largest absolute Gasteiger partial charge is 0.494 e. The fraction of sp³-hybridized carbons (Fsp3) is 0.625. The van der Waals surface area contributed by atoms with E-state index >= 15 is 0 Å². The highest BCUT2D eigenvalue weighted by atomic mass is 16.5. The molecule has 0 amide bonds. The van der Waals surface area contributed by atoms with Gasteiger partial charge in [0, 0.05) is 19.6 Å². The third-order valence-electron chi connectivity index (χ3n) is 3.82. The minimum Gasteiger partial charge on any atom is -0.494 e. The summed E-state index contributed by atoms with van der Waals surface area (Å²) in [6.45, 7) is 8.04. The zero-order chi connectivity index (χ0) is 13.7. The van der Waals surface area contributed by atoms with Crippen LogP contribution in [0.1, 0.15) is 25.3 Å². The fourth-order valence-electron chi connectivity index (χ4n) is 2.61. The minimum absolute atomic E-state index is 0.111. The zero-order valence-electron chi connectivity index (χ0n) is 12.0. The molecule has 0 saturated carbocycles. The number of likely N-dealkylation sites (tertiary alicyclic amines) is 1. The summed E-state index contributed by atoms with van der Waals surface area (Å²) >= 11 is 0. The molecule has 2 unspecified atom stereocenters. The molecular formula is C16H25NO2. The van der Waals surface area contributed by atoms with Crippen LogP contribution >= 0.6 is 0 Å². The van der Waals surface area contributed by atoms with Crippen LogP contribution in [-0.2, 0) is 0 Å². The van der Waals surface area contributed by atoms with Gasteiger partial charge in [-0.05, 0) is 43.4 Å². The van der Waals surface area contributed by atoms with E-state index in [-0.39, 0.29) is 6.10 Å². The van der Waals surface area contributed by atoms with E-state index in [0.29, 0.717) is 5.92 Å². The van der Waals surface area contributed by atoms with Crippen LogP contribution in [0.5, 0.6) is 5.75 Å². The molecule has 1 N–H and O–H groups in total. The van der Waals surface area contributed by atoms with Crippen molar-refractivity contribution >= 4 is 0 Å². The van der Waals surface area contributed by atoms with Gasteiger partial charge in [0.1, 0.15) is 5.75 Å². The molecule has 0 aromatic heterocycles. The van der Waals surface area contributed by atoms with Crippen LogP contribution in [0.2, 0.25) is 0 Å². The first-order valence-corrected chi connectivity index (χ1v) is 7.25. The third-order valence-corrected chi connectivity index (χ3v) is 3.82. The minimum atomic E-state index is -0.111. The summed E-state index contributed by atoms with van der Waals surface area (Å²) in [7, 11) is 0. The van der Waals surface area contributed by atoms with Crippen molar-refractivity contribution in [3.05, 3.63) is 29.8 Å². The Hall–Kier alpha value is -1.06. The van der Waals surface area contributed by atoms with Gasteiger partial charge in [0.05, 0.1) is 12.7 Å². The van der Waals surface area contributed by atoms with Crippen molar-refractivity contribution in [1.82, 2.24) is 4.90 Å². The Kier molecular flexibility index (Phi) is 5.23. The van der Waals surface area contributed by atoms with E-state index in [0.717, 1.165) is 44.8 Å². The second-order valence-electron chi connectivity index (χ2n) is 5.65. The molecule has 1 aromatic carbocycles. The highest BCUT2D eigenvalue weighted by Gasteiger charge is 2.23. The number of aryl methyl sites for hydroxylation is 1. The number of nitrogens with zero attached hydrogens (tertiary/aromatic N) is 1. The first kappa shape index (κ1) is 14.4. The summed E-state index contributed by atoms with van der Waals surface area (Å²) in [6.07, 6.45) is 1.83.